The predicted molar refractivity (Wildman–Crippen MR) is 169 cm³/mol. The fraction of sp³-hybridized carbons (Fsp3) is 0.382. The van der Waals surface area contributed by atoms with Crippen molar-refractivity contribution in [3.05, 3.63) is 89.4 Å². The van der Waals surface area contributed by atoms with Gasteiger partial charge in [-0.25, -0.2) is 4.39 Å². The quantitative estimate of drug-likeness (QED) is 0.161. The second-order valence-electron chi connectivity index (χ2n) is 11.1. The molecule has 2 heterocycles. The van der Waals surface area contributed by atoms with Gasteiger partial charge in [-0.3, -0.25) is 14.5 Å². The van der Waals surface area contributed by atoms with Crippen molar-refractivity contribution in [3.63, 3.8) is 0 Å². The molecule has 9 nitrogen and oxygen atoms in total. The van der Waals surface area contributed by atoms with E-state index in [0.29, 0.717) is 12.1 Å². The maximum atomic E-state index is 13.6. The summed E-state index contributed by atoms with van der Waals surface area (Å²) in [5.74, 6) is -0.278. The van der Waals surface area contributed by atoms with Gasteiger partial charge in [0.05, 0.1) is 25.6 Å². The van der Waals surface area contributed by atoms with Crippen LogP contribution in [-0.2, 0) is 27.2 Å². The Morgan fingerprint density at radius 1 is 1.04 bits per heavy atom. The summed E-state index contributed by atoms with van der Waals surface area (Å²) < 4.78 is 36.3. The van der Waals surface area contributed by atoms with Crippen LogP contribution < -0.4 is 9.47 Å². The van der Waals surface area contributed by atoms with Crippen LogP contribution in [0.15, 0.2) is 71.3 Å². The molecule has 45 heavy (non-hydrogen) atoms. The minimum absolute atomic E-state index is 0. The topological polar surface area (TPSA) is 111 Å². The van der Waals surface area contributed by atoms with Crippen LogP contribution >= 0.6 is 12.4 Å². The molecule has 1 N–H and O–H groups in total. The van der Waals surface area contributed by atoms with Crippen LogP contribution in [0.1, 0.15) is 48.4 Å². The first-order valence-electron chi connectivity index (χ1n) is 14.9. The molecule has 0 radical (unpaired) electrons. The molecule has 0 aliphatic carbocycles. The Kier molecular flexibility index (Phi) is 12.2. The number of carboxylic acid groups (broad SMARTS) is 1. The van der Waals surface area contributed by atoms with Gasteiger partial charge in [0.15, 0.2) is 5.58 Å². The number of carbonyl (C=O) groups is 2. The number of carboxylic acids is 1. The minimum atomic E-state index is -1.05. The van der Waals surface area contributed by atoms with Crippen LogP contribution in [0.2, 0.25) is 0 Å². The van der Waals surface area contributed by atoms with Gasteiger partial charge in [-0.05, 0) is 80.2 Å². The zero-order chi connectivity index (χ0) is 30.9. The number of aliphatic carboxylic acids is 1. The van der Waals surface area contributed by atoms with Gasteiger partial charge in [0.2, 0.25) is 0 Å². The van der Waals surface area contributed by atoms with Crippen LogP contribution in [0.25, 0.3) is 11.0 Å². The number of piperidine rings is 1. The second kappa shape index (κ2) is 16.2. The van der Waals surface area contributed by atoms with E-state index in [2.05, 4.69) is 16.1 Å². The first-order chi connectivity index (χ1) is 21.4. The smallest absolute Gasteiger partial charge is 0.306 e. The molecule has 5 rings (SSSR count). The van der Waals surface area contributed by atoms with Crippen molar-refractivity contribution in [2.75, 3.05) is 33.4 Å². The molecule has 1 fully saturated rings. The maximum Gasteiger partial charge on any atom is 0.306 e. The van der Waals surface area contributed by atoms with E-state index in [9.17, 15) is 14.0 Å². The third kappa shape index (κ3) is 9.42. The molecule has 0 saturated carbocycles. The molecule has 0 amide bonds. The van der Waals surface area contributed by atoms with Gasteiger partial charge >= 0.3 is 11.9 Å². The third-order valence-corrected chi connectivity index (χ3v) is 7.95. The maximum absolute atomic E-state index is 13.6. The summed E-state index contributed by atoms with van der Waals surface area (Å²) >= 11 is 0. The van der Waals surface area contributed by atoms with Crippen molar-refractivity contribution in [2.45, 2.75) is 50.5 Å². The third-order valence-electron chi connectivity index (χ3n) is 7.95. The number of ether oxygens (including phenoxy) is 3. The Balaban J connectivity index is 0.00000461. The largest absolute Gasteiger partial charge is 0.497 e. The summed E-state index contributed by atoms with van der Waals surface area (Å²) in [6.45, 7) is 2.05. The number of carbonyl (C=O) groups excluding carboxylic acids is 1. The standard InChI is InChI=1S/C34H37FN2O7.ClH/c1-41-27-7-4-5-23(19-27)9-10-24-6-2-3-8-30(24)42-22-28(43-33(40)14-13-32(38)39)21-37-17-15-25(16-18-37)34-29-12-11-26(35)20-31(29)44-36-34;/h2-8,11-12,19-20,25,28H,9-10,13-18,21-22H2,1H3,(H,38,39);1H. The van der Waals surface area contributed by atoms with E-state index in [4.69, 9.17) is 23.8 Å². The number of halogens is 2. The fourth-order valence-electron chi connectivity index (χ4n) is 5.62. The summed E-state index contributed by atoms with van der Waals surface area (Å²) in [6.07, 6.45) is 2.10. The van der Waals surface area contributed by atoms with E-state index >= 15 is 0 Å². The molecule has 1 aromatic heterocycles. The predicted octanol–water partition coefficient (Wildman–Crippen LogP) is 6.22. The lowest BCUT2D eigenvalue weighted by Crippen LogP contribution is -2.42. The highest BCUT2D eigenvalue weighted by molar-refractivity contribution is 5.85. The van der Waals surface area contributed by atoms with Crippen LogP contribution in [0, 0.1) is 5.82 Å². The molecule has 1 saturated heterocycles. The molecule has 0 spiro atoms. The summed E-state index contributed by atoms with van der Waals surface area (Å²) in [7, 11) is 1.65. The first kappa shape index (κ1) is 33.7. The lowest BCUT2D eigenvalue weighted by atomic mass is 9.91. The molecule has 1 unspecified atom stereocenters. The van der Waals surface area contributed by atoms with E-state index < -0.39 is 18.0 Å². The highest BCUT2D eigenvalue weighted by Gasteiger charge is 2.28. The zero-order valence-corrected chi connectivity index (χ0v) is 26.0. The van der Waals surface area contributed by atoms with Crippen molar-refractivity contribution in [3.8, 4) is 11.5 Å². The van der Waals surface area contributed by atoms with Gasteiger partial charge in [-0.15, -0.1) is 12.4 Å². The number of nitrogens with zero attached hydrogens (tertiary/aromatic N) is 2. The second-order valence-corrected chi connectivity index (χ2v) is 11.1. The summed E-state index contributed by atoms with van der Waals surface area (Å²) in [4.78, 5) is 25.7. The van der Waals surface area contributed by atoms with E-state index in [-0.39, 0.29) is 43.6 Å². The molecule has 3 aromatic carbocycles. The lowest BCUT2D eigenvalue weighted by molar-refractivity contribution is -0.154. The number of rotatable bonds is 14. The fourth-order valence-corrected chi connectivity index (χ4v) is 5.62. The van der Waals surface area contributed by atoms with Crippen LogP contribution in [0.4, 0.5) is 4.39 Å². The van der Waals surface area contributed by atoms with Gasteiger partial charge in [0, 0.05) is 23.9 Å². The van der Waals surface area contributed by atoms with Crippen molar-refractivity contribution in [1.29, 1.82) is 0 Å². The van der Waals surface area contributed by atoms with Crippen LogP contribution in [0.5, 0.6) is 11.5 Å². The molecular weight excluding hydrogens is 603 g/mol. The van der Waals surface area contributed by atoms with E-state index in [1.54, 1.807) is 13.2 Å². The Bertz CT molecular complexity index is 1570. The average molecular weight is 641 g/mol. The lowest BCUT2D eigenvalue weighted by Gasteiger charge is -2.33. The van der Waals surface area contributed by atoms with E-state index in [0.717, 1.165) is 72.5 Å². The van der Waals surface area contributed by atoms with E-state index in [1.807, 2.05) is 42.5 Å². The molecule has 1 atom stereocenters. The van der Waals surface area contributed by atoms with Gasteiger partial charge in [0.1, 0.15) is 30.0 Å². The molecule has 4 aromatic rings. The number of aromatic nitrogens is 1. The summed E-state index contributed by atoms with van der Waals surface area (Å²) in [5.41, 5.74) is 3.47. The number of likely N-dealkylation sites (tertiary alicyclic amines) is 1. The molecule has 0 bridgehead atoms. The zero-order valence-electron chi connectivity index (χ0n) is 25.2. The number of hydrogen-bond acceptors (Lipinski definition) is 8. The highest BCUT2D eigenvalue weighted by atomic mass is 35.5. The van der Waals surface area contributed by atoms with Crippen molar-refractivity contribution in [1.82, 2.24) is 10.1 Å². The van der Waals surface area contributed by atoms with Gasteiger partial charge in [-0.1, -0.05) is 35.5 Å². The number of para-hydroxylation sites is 1. The number of esters is 1. The monoisotopic (exact) mass is 640 g/mol. The van der Waals surface area contributed by atoms with Gasteiger partial charge < -0.3 is 23.8 Å². The molecule has 240 valence electrons. The van der Waals surface area contributed by atoms with Crippen molar-refractivity contribution < 1.29 is 37.8 Å². The summed E-state index contributed by atoms with van der Waals surface area (Å²) in [5, 5.41) is 14.1. The average Bonchev–Trinajstić information content (AvgIpc) is 3.45. The molecule has 11 heteroatoms. The molecule has 1 aliphatic heterocycles. The molecule has 1 aliphatic rings. The number of hydrogen-bond donors (Lipinski definition) is 1. The SMILES string of the molecule is COc1cccc(CCc2ccccc2OCC(CN2CCC(c3noc4cc(F)ccc34)CC2)OC(=O)CCC(=O)O)c1.Cl. The first-order valence-corrected chi connectivity index (χ1v) is 14.9. The minimum Gasteiger partial charge on any atom is -0.497 e. The van der Waals surface area contributed by atoms with Crippen LogP contribution in [0.3, 0.4) is 0 Å². The van der Waals surface area contributed by atoms with Crippen molar-refractivity contribution in [2.24, 2.45) is 0 Å². The van der Waals surface area contributed by atoms with Crippen LogP contribution in [-0.4, -0.2) is 66.6 Å². The number of fused-ring (bicyclic) bond motifs is 1. The van der Waals surface area contributed by atoms with Gasteiger partial charge in [0.25, 0.3) is 0 Å². The number of benzene rings is 3. The Hall–Kier alpha value is -4.15. The Labute approximate surface area is 267 Å². The Morgan fingerprint density at radius 2 is 1.84 bits per heavy atom. The highest BCUT2D eigenvalue weighted by Crippen LogP contribution is 2.33. The number of aryl methyl sites for hydroxylation is 2. The number of methoxy groups -OCH3 is 1. The van der Waals surface area contributed by atoms with Crippen molar-refractivity contribution >= 4 is 35.3 Å². The van der Waals surface area contributed by atoms with E-state index in [1.165, 1.54) is 12.1 Å². The van der Waals surface area contributed by atoms with Gasteiger partial charge in [-0.2, -0.15) is 0 Å². The normalized spacial score (nSPS) is 14.4. The summed E-state index contributed by atoms with van der Waals surface area (Å²) in [6, 6.07) is 20.2. The Morgan fingerprint density at radius 3 is 2.62 bits per heavy atom. The molecular formula is C34H38ClFN2O7.